The highest BCUT2D eigenvalue weighted by atomic mass is 16.2. The van der Waals surface area contributed by atoms with Gasteiger partial charge in [-0.05, 0) is 12.8 Å². The Balaban J connectivity index is 2.77. The maximum Gasteiger partial charge on any atom is 0.230 e. The Labute approximate surface area is 108 Å². The molecule has 0 aromatic carbocycles. The maximum absolute atomic E-state index is 12.5. The van der Waals surface area contributed by atoms with Crippen LogP contribution in [0, 0.1) is 5.41 Å². The van der Waals surface area contributed by atoms with Gasteiger partial charge in [-0.3, -0.25) is 14.8 Å². The smallest absolute Gasteiger partial charge is 0.230 e. The fourth-order valence-electron chi connectivity index (χ4n) is 2.06. The largest absolute Gasteiger partial charge is 0.339 e. The zero-order valence-electron chi connectivity index (χ0n) is 11.4. The van der Waals surface area contributed by atoms with Gasteiger partial charge in [0, 0.05) is 26.0 Å². The highest BCUT2D eigenvalue weighted by Gasteiger charge is 2.35. The van der Waals surface area contributed by atoms with Gasteiger partial charge in [0.2, 0.25) is 5.91 Å². The molecule has 1 aromatic rings. The third kappa shape index (κ3) is 3.04. The summed E-state index contributed by atoms with van der Waals surface area (Å²) >= 11 is 0. The van der Waals surface area contributed by atoms with Crippen LogP contribution in [0.4, 0.5) is 0 Å². The minimum atomic E-state index is -0.447. The third-order valence-corrected chi connectivity index (χ3v) is 3.56. The Kier molecular flexibility index (Phi) is 5.22. The molecule has 1 amide bonds. The van der Waals surface area contributed by atoms with E-state index in [2.05, 4.69) is 9.97 Å². The van der Waals surface area contributed by atoms with Crippen LogP contribution in [-0.2, 0) is 11.3 Å². The molecule has 0 aliphatic rings. The van der Waals surface area contributed by atoms with Gasteiger partial charge in [0.05, 0.1) is 23.9 Å². The monoisotopic (exact) mass is 250 g/mol. The molecule has 5 nitrogen and oxygen atoms in total. The standard InChI is InChI=1S/C13H22N4O/c1-4-13(5-2,10-14)12(18)17(3)9-11-8-15-6-7-16-11/h6-8H,4-5,9-10,14H2,1-3H3. The number of carbonyl (C=O) groups excluding carboxylic acids is 1. The first-order valence-electron chi connectivity index (χ1n) is 6.30. The fraction of sp³-hybridized carbons (Fsp3) is 0.615. The molecule has 100 valence electrons. The Bertz CT molecular complexity index is 368. The second-order valence-electron chi connectivity index (χ2n) is 4.55. The normalized spacial score (nSPS) is 11.3. The molecular weight excluding hydrogens is 228 g/mol. The predicted octanol–water partition coefficient (Wildman–Crippen LogP) is 1.20. The van der Waals surface area contributed by atoms with Crippen molar-refractivity contribution in [2.24, 2.45) is 11.1 Å². The summed E-state index contributed by atoms with van der Waals surface area (Å²) in [6.45, 7) is 4.85. The van der Waals surface area contributed by atoms with Gasteiger partial charge in [-0.1, -0.05) is 13.8 Å². The lowest BCUT2D eigenvalue weighted by molar-refractivity contribution is -0.141. The molecule has 1 rings (SSSR count). The van der Waals surface area contributed by atoms with Gasteiger partial charge < -0.3 is 10.6 Å². The van der Waals surface area contributed by atoms with Crippen LogP contribution in [0.2, 0.25) is 0 Å². The van der Waals surface area contributed by atoms with Gasteiger partial charge in [0.15, 0.2) is 0 Å². The zero-order valence-corrected chi connectivity index (χ0v) is 11.4. The van der Waals surface area contributed by atoms with Gasteiger partial charge in [0.25, 0.3) is 0 Å². The molecule has 0 saturated carbocycles. The second kappa shape index (κ2) is 6.44. The van der Waals surface area contributed by atoms with Crippen molar-refractivity contribution in [3.05, 3.63) is 24.3 Å². The van der Waals surface area contributed by atoms with Crippen LogP contribution >= 0.6 is 0 Å². The van der Waals surface area contributed by atoms with Gasteiger partial charge in [-0.15, -0.1) is 0 Å². The first-order valence-corrected chi connectivity index (χ1v) is 6.30. The van der Waals surface area contributed by atoms with Crippen LogP contribution in [0.25, 0.3) is 0 Å². The number of hydrogen-bond donors (Lipinski definition) is 1. The average molecular weight is 250 g/mol. The van der Waals surface area contributed by atoms with Crippen molar-refractivity contribution in [3.63, 3.8) is 0 Å². The lowest BCUT2D eigenvalue weighted by atomic mass is 9.81. The van der Waals surface area contributed by atoms with E-state index in [1.54, 1.807) is 30.5 Å². The first kappa shape index (κ1) is 14.6. The molecule has 0 saturated heterocycles. The number of hydrogen-bond acceptors (Lipinski definition) is 4. The van der Waals surface area contributed by atoms with E-state index in [1.807, 2.05) is 13.8 Å². The van der Waals surface area contributed by atoms with Gasteiger partial charge >= 0.3 is 0 Å². The summed E-state index contributed by atoms with van der Waals surface area (Å²) < 4.78 is 0. The summed E-state index contributed by atoms with van der Waals surface area (Å²) in [7, 11) is 1.78. The molecule has 1 aromatic heterocycles. The minimum Gasteiger partial charge on any atom is -0.339 e. The fourth-order valence-corrected chi connectivity index (χ4v) is 2.06. The van der Waals surface area contributed by atoms with Crippen molar-refractivity contribution in [2.45, 2.75) is 33.2 Å². The number of amides is 1. The SMILES string of the molecule is CCC(CC)(CN)C(=O)N(C)Cc1cnccn1. The van der Waals surface area contributed by atoms with Crippen molar-refractivity contribution >= 4 is 5.91 Å². The van der Waals surface area contributed by atoms with E-state index in [-0.39, 0.29) is 5.91 Å². The van der Waals surface area contributed by atoms with Crippen molar-refractivity contribution in [1.82, 2.24) is 14.9 Å². The highest BCUT2D eigenvalue weighted by molar-refractivity contribution is 5.82. The molecule has 5 heteroatoms. The third-order valence-electron chi connectivity index (χ3n) is 3.56. The lowest BCUT2D eigenvalue weighted by Crippen LogP contribution is -2.45. The lowest BCUT2D eigenvalue weighted by Gasteiger charge is -2.33. The van der Waals surface area contributed by atoms with Crippen molar-refractivity contribution in [1.29, 1.82) is 0 Å². The van der Waals surface area contributed by atoms with Gasteiger partial charge in [-0.2, -0.15) is 0 Å². The van der Waals surface area contributed by atoms with Crippen molar-refractivity contribution < 1.29 is 4.79 Å². The van der Waals surface area contributed by atoms with Crippen LogP contribution in [0.5, 0.6) is 0 Å². The molecule has 0 aliphatic carbocycles. The quantitative estimate of drug-likeness (QED) is 0.823. The van der Waals surface area contributed by atoms with E-state index in [1.165, 1.54) is 0 Å². The number of rotatable bonds is 6. The van der Waals surface area contributed by atoms with Gasteiger partial charge in [-0.25, -0.2) is 0 Å². The summed E-state index contributed by atoms with van der Waals surface area (Å²) in [4.78, 5) is 22.3. The number of aromatic nitrogens is 2. The molecule has 0 fully saturated rings. The molecule has 2 N–H and O–H groups in total. The van der Waals surface area contributed by atoms with E-state index in [9.17, 15) is 4.79 Å². The number of nitrogens with zero attached hydrogens (tertiary/aromatic N) is 3. The van der Waals surface area contributed by atoms with E-state index < -0.39 is 5.41 Å². The zero-order chi connectivity index (χ0) is 13.6. The molecule has 18 heavy (non-hydrogen) atoms. The molecule has 1 heterocycles. The molecule has 0 atom stereocenters. The van der Waals surface area contributed by atoms with E-state index >= 15 is 0 Å². The Hall–Kier alpha value is -1.49. The molecular formula is C13H22N4O. The number of carbonyl (C=O) groups is 1. The maximum atomic E-state index is 12.5. The Morgan fingerprint density at radius 3 is 2.50 bits per heavy atom. The molecule has 0 aliphatic heterocycles. The van der Waals surface area contributed by atoms with Crippen molar-refractivity contribution in [3.8, 4) is 0 Å². The first-order chi connectivity index (χ1) is 8.59. The van der Waals surface area contributed by atoms with Crippen LogP contribution in [-0.4, -0.2) is 34.4 Å². The van der Waals surface area contributed by atoms with E-state index in [0.29, 0.717) is 13.1 Å². The summed E-state index contributed by atoms with van der Waals surface area (Å²) in [5.74, 6) is 0.0839. The van der Waals surface area contributed by atoms with E-state index in [0.717, 1.165) is 18.5 Å². The second-order valence-corrected chi connectivity index (χ2v) is 4.55. The van der Waals surface area contributed by atoms with Gasteiger partial charge in [0.1, 0.15) is 0 Å². The van der Waals surface area contributed by atoms with Crippen LogP contribution in [0.3, 0.4) is 0 Å². The average Bonchev–Trinajstić information content (AvgIpc) is 2.42. The number of nitrogens with two attached hydrogens (primary N) is 1. The predicted molar refractivity (Wildman–Crippen MR) is 70.6 cm³/mol. The van der Waals surface area contributed by atoms with Crippen molar-refractivity contribution in [2.75, 3.05) is 13.6 Å². The van der Waals surface area contributed by atoms with Crippen LogP contribution in [0.15, 0.2) is 18.6 Å². The highest BCUT2D eigenvalue weighted by Crippen LogP contribution is 2.27. The Morgan fingerprint density at radius 1 is 1.39 bits per heavy atom. The summed E-state index contributed by atoms with van der Waals surface area (Å²) in [6.07, 6.45) is 6.43. The minimum absolute atomic E-state index is 0.0839. The molecule has 0 unspecified atom stereocenters. The topological polar surface area (TPSA) is 72.1 Å². The van der Waals surface area contributed by atoms with Crippen LogP contribution < -0.4 is 5.73 Å². The molecule has 0 radical (unpaired) electrons. The van der Waals surface area contributed by atoms with Crippen LogP contribution in [0.1, 0.15) is 32.4 Å². The molecule has 0 bridgehead atoms. The summed E-state index contributed by atoms with van der Waals surface area (Å²) in [6, 6.07) is 0. The summed E-state index contributed by atoms with van der Waals surface area (Å²) in [5.41, 5.74) is 6.12. The Morgan fingerprint density at radius 2 is 2.06 bits per heavy atom. The van der Waals surface area contributed by atoms with E-state index in [4.69, 9.17) is 5.73 Å². The summed E-state index contributed by atoms with van der Waals surface area (Å²) in [5, 5.41) is 0. The molecule has 0 spiro atoms.